The second-order valence-electron chi connectivity index (χ2n) is 5.37. The lowest BCUT2D eigenvalue weighted by molar-refractivity contribution is 0.549. The molecule has 2 aromatic carbocycles. The number of hydrogen-bond donors (Lipinski definition) is 1. The van der Waals surface area contributed by atoms with Crippen LogP contribution in [0.4, 0.5) is 0 Å². The average Bonchev–Trinajstić information content (AvgIpc) is 2.46. The van der Waals surface area contributed by atoms with Gasteiger partial charge in [-0.25, -0.2) is 0 Å². The summed E-state index contributed by atoms with van der Waals surface area (Å²) in [6.45, 7) is 7.31. The average molecular weight is 322 g/mol. The molecule has 0 amide bonds. The van der Waals surface area contributed by atoms with Gasteiger partial charge in [0.15, 0.2) is 0 Å². The summed E-state index contributed by atoms with van der Waals surface area (Å²) in [6, 6.07) is 12.7. The lowest BCUT2D eigenvalue weighted by atomic mass is 9.96. The highest BCUT2D eigenvalue weighted by atomic mass is 35.5. The van der Waals surface area contributed by atoms with Crippen molar-refractivity contribution in [3.8, 4) is 0 Å². The molecule has 0 radical (unpaired) electrons. The summed E-state index contributed by atoms with van der Waals surface area (Å²) < 4.78 is 0. The fourth-order valence-corrected chi connectivity index (χ4v) is 2.86. The van der Waals surface area contributed by atoms with Crippen LogP contribution in [0.5, 0.6) is 0 Å². The first-order valence-corrected chi connectivity index (χ1v) is 8.02. The first kappa shape index (κ1) is 16.4. The zero-order valence-electron chi connectivity index (χ0n) is 12.7. The fourth-order valence-electron chi connectivity index (χ4n) is 2.46. The molecule has 0 aliphatic heterocycles. The van der Waals surface area contributed by atoms with Crippen LogP contribution in [0.3, 0.4) is 0 Å². The molecule has 0 saturated carbocycles. The molecule has 2 aromatic rings. The zero-order chi connectivity index (χ0) is 15.4. The summed E-state index contributed by atoms with van der Waals surface area (Å²) in [5.74, 6) is 0. The van der Waals surface area contributed by atoms with Crippen LogP contribution < -0.4 is 5.32 Å². The van der Waals surface area contributed by atoms with Crippen LogP contribution in [0.15, 0.2) is 36.4 Å². The molecule has 0 aromatic heterocycles. The van der Waals surface area contributed by atoms with Gasteiger partial charge in [-0.05, 0) is 55.1 Å². The molecule has 0 spiro atoms. The van der Waals surface area contributed by atoms with Gasteiger partial charge < -0.3 is 5.32 Å². The Bertz CT molecular complexity index is 623. The van der Waals surface area contributed by atoms with Crippen molar-refractivity contribution in [3.63, 3.8) is 0 Å². The van der Waals surface area contributed by atoms with E-state index in [4.69, 9.17) is 23.2 Å². The molecular formula is C18H21Cl2N. The molecule has 0 heterocycles. The molecular weight excluding hydrogens is 301 g/mol. The maximum absolute atomic E-state index is 6.32. The van der Waals surface area contributed by atoms with Crippen LogP contribution in [0, 0.1) is 13.8 Å². The number of halogens is 2. The van der Waals surface area contributed by atoms with Crippen molar-refractivity contribution in [2.24, 2.45) is 0 Å². The van der Waals surface area contributed by atoms with Gasteiger partial charge in [-0.3, -0.25) is 0 Å². The summed E-state index contributed by atoms with van der Waals surface area (Å²) in [7, 11) is 0. The molecule has 0 saturated heterocycles. The van der Waals surface area contributed by atoms with Gasteiger partial charge in [0, 0.05) is 6.04 Å². The van der Waals surface area contributed by atoms with Crippen LogP contribution in [0.2, 0.25) is 10.0 Å². The van der Waals surface area contributed by atoms with Gasteiger partial charge in [-0.2, -0.15) is 0 Å². The normalized spacial score (nSPS) is 12.4. The van der Waals surface area contributed by atoms with Gasteiger partial charge in [0.25, 0.3) is 0 Å². The number of aryl methyl sites for hydroxylation is 2. The Balaban J connectivity index is 2.30. The van der Waals surface area contributed by atoms with Gasteiger partial charge in [0.1, 0.15) is 0 Å². The lowest BCUT2D eigenvalue weighted by Gasteiger charge is -2.20. The second kappa shape index (κ2) is 7.31. The van der Waals surface area contributed by atoms with Crippen LogP contribution in [-0.4, -0.2) is 6.54 Å². The van der Waals surface area contributed by atoms with E-state index in [1.54, 1.807) is 0 Å². The van der Waals surface area contributed by atoms with Crippen molar-refractivity contribution in [2.45, 2.75) is 33.2 Å². The molecule has 112 valence electrons. The summed E-state index contributed by atoms with van der Waals surface area (Å²) in [6.07, 6.45) is 0.829. The Morgan fingerprint density at radius 2 is 1.81 bits per heavy atom. The molecule has 1 unspecified atom stereocenters. The molecule has 0 fully saturated rings. The van der Waals surface area contributed by atoms with Gasteiger partial charge in [0.2, 0.25) is 0 Å². The van der Waals surface area contributed by atoms with E-state index in [1.165, 1.54) is 16.7 Å². The first-order chi connectivity index (χ1) is 10.0. The van der Waals surface area contributed by atoms with E-state index in [0.29, 0.717) is 10.0 Å². The van der Waals surface area contributed by atoms with Gasteiger partial charge in [0.05, 0.1) is 10.0 Å². The quantitative estimate of drug-likeness (QED) is 0.766. The van der Waals surface area contributed by atoms with E-state index in [1.807, 2.05) is 18.2 Å². The number of hydrogen-bond acceptors (Lipinski definition) is 1. The van der Waals surface area contributed by atoms with E-state index < -0.39 is 0 Å². The molecule has 1 N–H and O–H groups in total. The summed E-state index contributed by atoms with van der Waals surface area (Å²) in [4.78, 5) is 0. The van der Waals surface area contributed by atoms with Crippen molar-refractivity contribution in [3.05, 3.63) is 68.7 Å². The topological polar surface area (TPSA) is 12.0 Å². The van der Waals surface area contributed by atoms with Crippen molar-refractivity contribution in [2.75, 3.05) is 6.54 Å². The molecule has 0 bridgehead atoms. The van der Waals surface area contributed by atoms with E-state index in [-0.39, 0.29) is 6.04 Å². The Morgan fingerprint density at radius 1 is 1.05 bits per heavy atom. The zero-order valence-corrected chi connectivity index (χ0v) is 14.2. The Labute approximate surface area is 137 Å². The molecule has 1 nitrogen and oxygen atoms in total. The number of rotatable bonds is 5. The SMILES string of the molecule is CCNC(Cc1cccc(Cl)c1Cl)c1ccc(C)c(C)c1. The summed E-state index contributed by atoms with van der Waals surface area (Å²) >= 11 is 12.4. The number of benzene rings is 2. The van der Waals surface area contributed by atoms with Crippen molar-refractivity contribution >= 4 is 23.2 Å². The first-order valence-electron chi connectivity index (χ1n) is 7.26. The summed E-state index contributed by atoms with van der Waals surface area (Å²) in [5.41, 5.74) is 4.99. The Morgan fingerprint density at radius 3 is 2.48 bits per heavy atom. The maximum atomic E-state index is 6.32. The number of likely N-dealkylation sites (N-methyl/N-ethyl adjacent to an activating group) is 1. The lowest BCUT2D eigenvalue weighted by Crippen LogP contribution is -2.23. The smallest absolute Gasteiger partial charge is 0.0624 e. The van der Waals surface area contributed by atoms with Crippen LogP contribution in [-0.2, 0) is 6.42 Å². The third-order valence-corrected chi connectivity index (χ3v) is 4.70. The second-order valence-corrected chi connectivity index (χ2v) is 6.16. The van der Waals surface area contributed by atoms with Crippen LogP contribution in [0.25, 0.3) is 0 Å². The largest absolute Gasteiger partial charge is 0.310 e. The van der Waals surface area contributed by atoms with Crippen molar-refractivity contribution < 1.29 is 0 Å². The van der Waals surface area contributed by atoms with Crippen molar-refractivity contribution in [1.29, 1.82) is 0 Å². The third kappa shape index (κ3) is 4.00. The highest BCUT2D eigenvalue weighted by molar-refractivity contribution is 6.42. The number of nitrogens with one attached hydrogen (secondary N) is 1. The minimum Gasteiger partial charge on any atom is -0.310 e. The predicted molar refractivity (Wildman–Crippen MR) is 92.5 cm³/mol. The fraction of sp³-hybridized carbons (Fsp3) is 0.333. The summed E-state index contributed by atoms with van der Waals surface area (Å²) in [5, 5.41) is 4.81. The Kier molecular flexibility index (Phi) is 5.69. The van der Waals surface area contributed by atoms with Crippen LogP contribution in [0.1, 0.15) is 35.2 Å². The third-order valence-electron chi connectivity index (χ3n) is 3.84. The molecule has 2 rings (SSSR count). The monoisotopic (exact) mass is 321 g/mol. The van der Waals surface area contributed by atoms with E-state index >= 15 is 0 Å². The van der Waals surface area contributed by atoms with E-state index in [2.05, 4.69) is 44.3 Å². The molecule has 0 aliphatic rings. The highest BCUT2D eigenvalue weighted by Crippen LogP contribution is 2.29. The van der Waals surface area contributed by atoms with Gasteiger partial charge in [-0.15, -0.1) is 0 Å². The predicted octanol–water partition coefficient (Wildman–Crippen LogP) is 5.50. The standard InChI is InChI=1S/C18H21Cl2N/c1-4-21-17(14-9-8-12(2)13(3)10-14)11-15-6-5-7-16(19)18(15)20/h5-10,17,21H,4,11H2,1-3H3. The Hall–Kier alpha value is -1.02. The van der Waals surface area contributed by atoms with Crippen LogP contribution >= 0.6 is 23.2 Å². The minimum atomic E-state index is 0.241. The van der Waals surface area contributed by atoms with E-state index in [0.717, 1.165) is 18.5 Å². The highest BCUT2D eigenvalue weighted by Gasteiger charge is 2.14. The van der Waals surface area contributed by atoms with Crippen molar-refractivity contribution in [1.82, 2.24) is 5.32 Å². The van der Waals surface area contributed by atoms with Gasteiger partial charge >= 0.3 is 0 Å². The van der Waals surface area contributed by atoms with E-state index in [9.17, 15) is 0 Å². The minimum absolute atomic E-state index is 0.241. The molecule has 0 aliphatic carbocycles. The molecule has 3 heteroatoms. The molecule has 21 heavy (non-hydrogen) atoms. The maximum Gasteiger partial charge on any atom is 0.0624 e. The van der Waals surface area contributed by atoms with Gasteiger partial charge in [-0.1, -0.05) is 60.5 Å². The molecule has 1 atom stereocenters.